The zero-order valence-electron chi connectivity index (χ0n) is 30.5. The van der Waals surface area contributed by atoms with Gasteiger partial charge in [0.25, 0.3) is 10.1 Å². The Morgan fingerprint density at radius 3 is 2.17 bits per heavy atom. The van der Waals surface area contributed by atoms with Crippen LogP contribution in [0.3, 0.4) is 0 Å². The second-order valence-electron chi connectivity index (χ2n) is 12.6. The number of H-pyrrole nitrogens is 1. The van der Waals surface area contributed by atoms with Gasteiger partial charge >= 0.3 is 5.97 Å². The molecule has 0 atom stereocenters. The number of nitrogens with zero attached hydrogens (tertiary/aromatic N) is 6. The maximum atomic E-state index is 13.8. The van der Waals surface area contributed by atoms with Crippen LogP contribution in [0.15, 0.2) is 115 Å². The molecule has 58 heavy (non-hydrogen) atoms. The summed E-state index contributed by atoms with van der Waals surface area (Å²) in [5.74, 6) is -2.19. The highest BCUT2D eigenvalue weighted by Crippen LogP contribution is 2.39. The van der Waals surface area contributed by atoms with E-state index >= 15 is 0 Å². The number of aromatic amines is 1. The van der Waals surface area contributed by atoms with Crippen LogP contribution in [-0.2, 0) is 19.7 Å². The van der Waals surface area contributed by atoms with Gasteiger partial charge in [-0.25, -0.2) is 4.79 Å². The van der Waals surface area contributed by atoms with Crippen molar-refractivity contribution >= 4 is 84.6 Å². The number of aliphatic carboxylic acids is 1. The van der Waals surface area contributed by atoms with Gasteiger partial charge in [0.05, 0.1) is 48.2 Å². The fourth-order valence-corrected chi connectivity index (χ4v) is 6.60. The second kappa shape index (κ2) is 15.4. The molecule has 0 unspecified atom stereocenters. The van der Waals surface area contributed by atoms with Crippen LogP contribution in [0.2, 0.25) is 0 Å². The molecule has 0 saturated carbocycles. The summed E-state index contributed by atoms with van der Waals surface area (Å²) >= 11 is 0. The van der Waals surface area contributed by atoms with E-state index in [1.54, 1.807) is 61.5 Å². The summed E-state index contributed by atoms with van der Waals surface area (Å²) in [6.07, 6.45) is 3.44. The van der Waals surface area contributed by atoms with Crippen molar-refractivity contribution in [3.8, 4) is 22.6 Å². The summed E-state index contributed by atoms with van der Waals surface area (Å²) in [4.78, 5) is 36.5. The molecule has 0 radical (unpaired) electrons. The van der Waals surface area contributed by atoms with Gasteiger partial charge in [-0.2, -0.15) is 23.7 Å². The van der Waals surface area contributed by atoms with E-state index in [0.29, 0.717) is 44.9 Å². The Morgan fingerprint density at radius 2 is 1.53 bits per heavy atom. The summed E-state index contributed by atoms with van der Waals surface area (Å²) in [7, 11) is -2.16. The van der Waals surface area contributed by atoms with Crippen LogP contribution < -0.4 is 26.1 Å². The molecule has 2 aliphatic carbocycles. The number of aromatic nitrogens is 3. The van der Waals surface area contributed by atoms with Crippen molar-refractivity contribution in [1.82, 2.24) is 15.4 Å². The average Bonchev–Trinajstić information content (AvgIpc) is 3.67. The largest absolute Gasteiger partial charge is 0.494 e. The monoisotopic (exact) mass is 802 g/mol. The Kier molecular flexibility index (Phi) is 10.2. The molecule has 1 heterocycles. The highest BCUT2D eigenvalue weighted by Gasteiger charge is 2.35. The molecule has 20 heteroatoms. The molecule has 0 amide bonds. The highest BCUT2D eigenvalue weighted by atomic mass is 32.2. The Labute approximate surface area is 328 Å². The molecule has 5 aromatic rings. The number of hydrazone groups is 2. The highest BCUT2D eigenvalue weighted by molar-refractivity contribution is 7.91. The van der Waals surface area contributed by atoms with Gasteiger partial charge in [0.1, 0.15) is 33.2 Å². The number of carboxylic acids is 1. The lowest BCUT2D eigenvalue weighted by molar-refractivity contribution is -0.134. The number of methoxy groups -OCH3 is 2. The molecular formula is C38H30N10O9S. The predicted octanol–water partition coefficient (Wildman–Crippen LogP) is 5.84. The van der Waals surface area contributed by atoms with Crippen molar-refractivity contribution in [2.45, 2.75) is 6.92 Å². The average molecular weight is 803 g/mol. The molecule has 292 valence electrons. The van der Waals surface area contributed by atoms with Crippen LogP contribution in [0.1, 0.15) is 22.8 Å². The van der Waals surface area contributed by atoms with E-state index in [1.807, 2.05) is 0 Å². The minimum Gasteiger partial charge on any atom is -0.494 e. The molecule has 0 fully saturated rings. The summed E-state index contributed by atoms with van der Waals surface area (Å²) in [5, 5.41) is 36.5. The van der Waals surface area contributed by atoms with Crippen molar-refractivity contribution < 1.29 is 41.9 Å². The van der Waals surface area contributed by atoms with Gasteiger partial charge in [0, 0.05) is 11.1 Å². The van der Waals surface area contributed by atoms with Crippen molar-refractivity contribution in [2.24, 2.45) is 20.4 Å². The fourth-order valence-electron chi connectivity index (χ4n) is 5.95. The molecule has 7 rings (SSSR count). The van der Waals surface area contributed by atoms with E-state index in [9.17, 15) is 32.5 Å². The lowest BCUT2D eigenvalue weighted by Gasteiger charge is -2.18. The molecule has 7 N–H and O–H groups in total. The number of carboxylic acid groups (broad SMARTS) is 1. The summed E-state index contributed by atoms with van der Waals surface area (Å²) in [5.41, 5.74) is 15.2. The van der Waals surface area contributed by atoms with E-state index in [-0.39, 0.29) is 39.7 Å². The number of allylic oxidation sites excluding steroid dienone is 4. The Bertz CT molecular complexity index is 2890. The number of azo groups is 1. The minimum absolute atomic E-state index is 0.00604. The third-order valence-electron chi connectivity index (χ3n) is 8.92. The summed E-state index contributed by atoms with van der Waals surface area (Å²) in [6, 6.07) is 17.9. The first kappa shape index (κ1) is 38.4. The van der Waals surface area contributed by atoms with Gasteiger partial charge < -0.3 is 20.3 Å². The van der Waals surface area contributed by atoms with E-state index in [2.05, 4.69) is 46.7 Å². The lowest BCUT2D eigenvalue weighted by atomic mass is 9.92. The first-order valence-corrected chi connectivity index (χ1v) is 18.3. The standard InChI is InChI=1S/C38H30N10O9S/c1-18-12-31(49)24(38(51)52)16-29(18)43-41-27-9-4-19(13-32(27)56-2)20-5-10-28(33(14-20)57-3)42-47-36-34(58(53,54)55)17-23-22(37(36)50)7-8-25(39)35(23)46-40-21-6-11-26-30(15-21)45-48-44-26/h4-17,41-42H,39H2,1-3H3,(H,51,52)(H,44,45,48)(H,53,54,55)/b43-29-,46-40?,47-36+. The summed E-state index contributed by atoms with van der Waals surface area (Å²) < 4.78 is 46.7. The van der Waals surface area contributed by atoms with Crippen LogP contribution in [0.5, 0.6) is 11.5 Å². The molecule has 4 aromatic carbocycles. The summed E-state index contributed by atoms with van der Waals surface area (Å²) in [6.45, 7) is 1.63. The number of fused-ring (bicyclic) bond motifs is 2. The van der Waals surface area contributed by atoms with Crippen LogP contribution in [-0.4, -0.2) is 76.7 Å². The van der Waals surface area contributed by atoms with E-state index < -0.39 is 43.8 Å². The smallest absolute Gasteiger partial charge is 0.339 e. The number of ketones is 2. The number of carbonyl (C=O) groups is 3. The Balaban J connectivity index is 1.16. The Hall–Kier alpha value is -7.84. The number of hydrogen-bond acceptors (Lipinski definition) is 16. The fraction of sp³-hybridized carbons (Fsp3) is 0.0789. The number of hydrogen-bond donors (Lipinski definition) is 6. The van der Waals surface area contributed by atoms with Crippen molar-refractivity contribution in [1.29, 1.82) is 0 Å². The number of rotatable bonds is 11. The second-order valence-corrected chi connectivity index (χ2v) is 13.9. The van der Waals surface area contributed by atoms with E-state index in [1.165, 1.54) is 38.5 Å². The number of nitrogens with two attached hydrogens (primary N) is 1. The normalized spacial score (nSPS) is 15.6. The topological polar surface area (TPSA) is 285 Å². The number of ether oxygens (including phenoxy) is 2. The minimum atomic E-state index is -5.02. The van der Waals surface area contributed by atoms with Crippen LogP contribution >= 0.6 is 0 Å². The molecule has 0 bridgehead atoms. The maximum absolute atomic E-state index is 13.8. The molecule has 19 nitrogen and oxygen atoms in total. The van der Waals surface area contributed by atoms with Gasteiger partial charge in [0.2, 0.25) is 5.78 Å². The van der Waals surface area contributed by atoms with Crippen molar-refractivity contribution in [2.75, 3.05) is 30.8 Å². The first-order valence-electron chi connectivity index (χ1n) is 16.9. The van der Waals surface area contributed by atoms with Crippen molar-refractivity contribution in [3.05, 3.63) is 106 Å². The molecular weight excluding hydrogens is 773 g/mol. The maximum Gasteiger partial charge on any atom is 0.339 e. The quantitative estimate of drug-likeness (QED) is 0.0228. The number of nitrogen functional groups attached to an aromatic ring is 1. The predicted molar refractivity (Wildman–Crippen MR) is 214 cm³/mol. The first-order chi connectivity index (χ1) is 27.7. The van der Waals surface area contributed by atoms with Crippen LogP contribution in [0.25, 0.3) is 28.2 Å². The van der Waals surface area contributed by atoms with E-state index in [4.69, 9.17) is 15.2 Å². The van der Waals surface area contributed by atoms with Gasteiger partial charge in [-0.05, 0) is 96.4 Å². The van der Waals surface area contributed by atoms with Gasteiger partial charge in [-0.15, -0.1) is 10.2 Å². The number of carbonyl (C=O) groups excluding carboxylic acids is 2. The number of benzene rings is 4. The Morgan fingerprint density at radius 1 is 0.862 bits per heavy atom. The number of nitrogens with one attached hydrogen (secondary N) is 3. The van der Waals surface area contributed by atoms with Crippen LogP contribution in [0, 0.1) is 0 Å². The lowest BCUT2D eigenvalue weighted by Crippen LogP contribution is -2.27. The molecule has 0 saturated heterocycles. The SMILES string of the molecule is COc1cc(-c2ccc(N/N=C3/C(=O)c4ccc(N)c(N=Nc5ccc6nn[nH]c6c5)c4C=C3S(=O)(=O)O)c(OC)c2)ccc1N/N=C1/C=C(C(=O)O)C(=O)C=C1C. The van der Waals surface area contributed by atoms with Gasteiger partial charge in [-0.1, -0.05) is 17.3 Å². The molecule has 2 aliphatic rings. The van der Waals surface area contributed by atoms with Crippen LogP contribution in [0.4, 0.5) is 28.4 Å². The molecule has 1 aromatic heterocycles. The third kappa shape index (κ3) is 7.54. The third-order valence-corrected chi connectivity index (χ3v) is 9.79. The number of Topliss-reactive ketones (excluding diaryl/α,β-unsaturated/α-hetero) is 1. The van der Waals surface area contributed by atoms with Crippen molar-refractivity contribution in [3.63, 3.8) is 0 Å². The van der Waals surface area contributed by atoms with Gasteiger partial charge in [0.15, 0.2) is 11.5 Å². The molecule has 0 aliphatic heterocycles. The zero-order chi connectivity index (χ0) is 41.3. The van der Waals surface area contributed by atoms with E-state index in [0.717, 1.165) is 6.08 Å². The van der Waals surface area contributed by atoms with Gasteiger partial charge in [-0.3, -0.25) is 30.1 Å². The molecule has 0 spiro atoms. The number of anilines is 3. The zero-order valence-corrected chi connectivity index (χ0v) is 31.3.